The van der Waals surface area contributed by atoms with E-state index in [1.54, 1.807) is 6.08 Å². The van der Waals surface area contributed by atoms with Crippen molar-refractivity contribution in [3.63, 3.8) is 0 Å². The van der Waals surface area contributed by atoms with Crippen LogP contribution >= 0.6 is 0 Å². The average Bonchev–Trinajstić information content (AvgIpc) is 2.08. The first-order valence-corrected chi connectivity index (χ1v) is 5.32. The maximum Gasteiger partial charge on any atom is 0.408 e. The minimum absolute atomic E-state index is 0.186. The molecule has 0 rings (SSSR count). The summed E-state index contributed by atoms with van der Waals surface area (Å²) in [5.74, 6) is 0.206. The lowest BCUT2D eigenvalue weighted by atomic mass is 10.0. The number of alkyl carbamates (subject to hydrolysis) is 1. The Hall–Kier alpha value is -1.50. The number of allylic oxidation sites excluding steroid dienone is 1. The standard InChI is InChI=1S/C12H20N2O2/c1-9(2)10(7-6-8-13)14-11(15)16-12(3,4)5/h6-7,9-10H,1-5H3,(H,14,15)/b7-6+. The molecule has 1 amide bonds. The van der Waals surface area contributed by atoms with Gasteiger partial charge in [0.15, 0.2) is 0 Å². The summed E-state index contributed by atoms with van der Waals surface area (Å²) in [5.41, 5.74) is -0.509. The highest BCUT2D eigenvalue weighted by atomic mass is 16.6. The van der Waals surface area contributed by atoms with Crippen LogP contribution in [0.3, 0.4) is 0 Å². The van der Waals surface area contributed by atoms with E-state index in [1.807, 2.05) is 40.7 Å². The van der Waals surface area contributed by atoms with Gasteiger partial charge in [-0.1, -0.05) is 19.9 Å². The molecule has 0 bridgehead atoms. The summed E-state index contributed by atoms with van der Waals surface area (Å²) >= 11 is 0. The zero-order valence-electron chi connectivity index (χ0n) is 10.6. The van der Waals surface area contributed by atoms with Crippen molar-refractivity contribution in [3.05, 3.63) is 12.2 Å². The molecule has 0 saturated heterocycles. The summed E-state index contributed by atoms with van der Waals surface area (Å²) in [4.78, 5) is 11.5. The van der Waals surface area contributed by atoms with Gasteiger partial charge in [-0.3, -0.25) is 0 Å². The first kappa shape index (κ1) is 14.5. The highest BCUT2D eigenvalue weighted by Crippen LogP contribution is 2.09. The van der Waals surface area contributed by atoms with E-state index in [0.717, 1.165) is 0 Å². The highest BCUT2D eigenvalue weighted by molar-refractivity contribution is 5.68. The van der Waals surface area contributed by atoms with Crippen LogP contribution in [0.25, 0.3) is 0 Å². The van der Waals surface area contributed by atoms with Crippen LogP contribution in [0.4, 0.5) is 4.79 Å². The van der Waals surface area contributed by atoms with Gasteiger partial charge in [0.1, 0.15) is 5.60 Å². The van der Waals surface area contributed by atoms with Crippen LogP contribution in [0.15, 0.2) is 12.2 Å². The molecule has 0 aliphatic carbocycles. The van der Waals surface area contributed by atoms with E-state index in [9.17, 15) is 4.79 Å². The fourth-order valence-electron chi connectivity index (χ4n) is 1.03. The van der Waals surface area contributed by atoms with Gasteiger partial charge in [-0.25, -0.2) is 4.79 Å². The third-order valence-electron chi connectivity index (χ3n) is 1.78. The number of carbonyl (C=O) groups excluding carboxylic acids is 1. The van der Waals surface area contributed by atoms with Crippen LogP contribution in [0.2, 0.25) is 0 Å². The Labute approximate surface area is 97.3 Å². The number of hydrogen-bond donors (Lipinski definition) is 1. The van der Waals surface area contributed by atoms with Gasteiger partial charge in [-0.15, -0.1) is 0 Å². The van der Waals surface area contributed by atoms with Crippen molar-refractivity contribution >= 4 is 6.09 Å². The average molecular weight is 224 g/mol. The molecule has 0 aromatic heterocycles. The highest BCUT2D eigenvalue weighted by Gasteiger charge is 2.19. The molecule has 16 heavy (non-hydrogen) atoms. The third kappa shape index (κ3) is 6.88. The van der Waals surface area contributed by atoms with Crippen molar-refractivity contribution in [1.29, 1.82) is 5.26 Å². The van der Waals surface area contributed by atoms with Crippen molar-refractivity contribution in [2.24, 2.45) is 5.92 Å². The number of nitrogens with one attached hydrogen (secondary N) is 1. The molecule has 0 spiro atoms. The lowest BCUT2D eigenvalue weighted by Gasteiger charge is -2.23. The molecule has 0 aliphatic rings. The van der Waals surface area contributed by atoms with Crippen molar-refractivity contribution < 1.29 is 9.53 Å². The lowest BCUT2D eigenvalue weighted by Crippen LogP contribution is -2.40. The molecule has 0 aromatic carbocycles. The van der Waals surface area contributed by atoms with E-state index in [2.05, 4.69) is 5.32 Å². The van der Waals surface area contributed by atoms with Gasteiger partial charge in [-0.05, 0) is 26.7 Å². The van der Waals surface area contributed by atoms with E-state index < -0.39 is 11.7 Å². The van der Waals surface area contributed by atoms with Crippen molar-refractivity contribution in [2.75, 3.05) is 0 Å². The van der Waals surface area contributed by atoms with E-state index in [-0.39, 0.29) is 12.0 Å². The fourth-order valence-corrected chi connectivity index (χ4v) is 1.03. The van der Waals surface area contributed by atoms with Crippen molar-refractivity contribution in [1.82, 2.24) is 5.32 Å². The van der Waals surface area contributed by atoms with E-state index >= 15 is 0 Å². The van der Waals surface area contributed by atoms with Gasteiger partial charge in [0.25, 0.3) is 0 Å². The number of rotatable bonds is 3. The maximum absolute atomic E-state index is 11.5. The number of ether oxygens (including phenoxy) is 1. The summed E-state index contributed by atoms with van der Waals surface area (Å²) in [6.07, 6.45) is 2.56. The van der Waals surface area contributed by atoms with Crippen LogP contribution in [0, 0.1) is 17.2 Å². The van der Waals surface area contributed by atoms with E-state index in [1.165, 1.54) is 6.08 Å². The summed E-state index contributed by atoms with van der Waals surface area (Å²) in [7, 11) is 0. The molecule has 0 aromatic rings. The summed E-state index contributed by atoms with van der Waals surface area (Å²) < 4.78 is 5.13. The second kappa shape index (κ2) is 6.16. The van der Waals surface area contributed by atoms with Crippen LogP contribution in [0.5, 0.6) is 0 Å². The van der Waals surface area contributed by atoms with Gasteiger partial charge < -0.3 is 10.1 Å². The number of amides is 1. The van der Waals surface area contributed by atoms with Gasteiger partial charge in [0.2, 0.25) is 0 Å². The Bertz CT molecular complexity index is 295. The van der Waals surface area contributed by atoms with Crippen LogP contribution in [-0.4, -0.2) is 17.7 Å². The van der Waals surface area contributed by atoms with E-state index in [0.29, 0.717) is 0 Å². The third-order valence-corrected chi connectivity index (χ3v) is 1.78. The number of hydrogen-bond acceptors (Lipinski definition) is 3. The molecule has 1 N–H and O–H groups in total. The van der Waals surface area contributed by atoms with Gasteiger partial charge in [-0.2, -0.15) is 5.26 Å². The maximum atomic E-state index is 11.5. The first-order chi connectivity index (χ1) is 7.26. The zero-order valence-corrected chi connectivity index (χ0v) is 10.6. The van der Waals surface area contributed by atoms with Crippen LogP contribution in [-0.2, 0) is 4.74 Å². The predicted octanol–water partition coefficient (Wildman–Crippen LogP) is 2.62. The fraction of sp³-hybridized carbons (Fsp3) is 0.667. The molecule has 0 fully saturated rings. The molecule has 4 nitrogen and oxygen atoms in total. The SMILES string of the molecule is CC(C)C(/C=C/C#N)NC(=O)OC(C)(C)C. The minimum atomic E-state index is -0.509. The Morgan fingerprint density at radius 3 is 2.38 bits per heavy atom. The molecule has 0 radical (unpaired) electrons. The molecular formula is C12H20N2O2. The topological polar surface area (TPSA) is 62.1 Å². The monoisotopic (exact) mass is 224 g/mol. The number of nitrogens with zero attached hydrogens (tertiary/aromatic N) is 1. The molecule has 0 heterocycles. The molecular weight excluding hydrogens is 204 g/mol. The Kier molecular flexibility index (Phi) is 5.59. The zero-order chi connectivity index (χ0) is 12.8. The lowest BCUT2D eigenvalue weighted by molar-refractivity contribution is 0.0504. The summed E-state index contributed by atoms with van der Waals surface area (Å²) in [5, 5.41) is 11.1. The number of nitriles is 1. The largest absolute Gasteiger partial charge is 0.444 e. The first-order valence-electron chi connectivity index (χ1n) is 5.32. The normalized spacial score (nSPS) is 13.6. The second-order valence-corrected chi connectivity index (χ2v) is 4.90. The number of carbonyl (C=O) groups is 1. The van der Waals surface area contributed by atoms with E-state index in [4.69, 9.17) is 10.00 Å². The quantitative estimate of drug-likeness (QED) is 0.749. The molecule has 0 saturated carbocycles. The van der Waals surface area contributed by atoms with Gasteiger partial charge in [0, 0.05) is 6.08 Å². The van der Waals surface area contributed by atoms with Crippen LogP contribution < -0.4 is 5.32 Å². The van der Waals surface area contributed by atoms with Gasteiger partial charge in [0.05, 0.1) is 12.1 Å². The molecule has 4 heteroatoms. The minimum Gasteiger partial charge on any atom is -0.444 e. The molecule has 0 aliphatic heterocycles. The Morgan fingerprint density at radius 1 is 1.44 bits per heavy atom. The van der Waals surface area contributed by atoms with Crippen LogP contribution in [0.1, 0.15) is 34.6 Å². The molecule has 1 unspecified atom stereocenters. The molecule has 1 atom stereocenters. The smallest absolute Gasteiger partial charge is 0.408 e. The second-order valence-electron chi connectivity index (χ2n) is 4.90. The Morgan fingerprint density at radius 2 is 2.00 bits per heavy atom. The summed E-state index contributed by atoms with van der Waals surface area (Å²) in [6.45, 7) is 9.35. The van der Waals surface area contributed by atoms with Crippen molar-refractivity contribution in [2.45, 2.75) is 46.3 Å². The molecule has 90 valence electrons. The van der Waals surface area contributed by atoms with Crippen molar-refractivity contribution in [3.8, 4) is 6.07 Å². The van der Waals surface area contributed by atoms with Gasteiger partial charge >= 0.3 is 6.09 Å². The Balaban J connectivity index is 4.37. The predicted molar refractivity (Wildman–Crippen MR) is 62.7 cm³/mol. The summed E-state index contributed by atoms with van der Waals surface area (Å²) in [6, 6.07) is 1.72.